The van der Waals surface area contributed by atoms with Gasteiger partial charge in [0.25, 0.3) is 0 Å². The number of nitrogens with zero attached hydrogens (tertiary/aromatic N) is 1. The summed E-state index contributed by atoms with van der Waals surface area (Å²) >= 11 is 5.94. The topological polar surface area (TPSA) is 52.0 Å². The van der Waals surface area contributed by atoms with E-state index in [2.05, 4.69) is 31.1 Å². The number of nitrogen functional groups attached to an aromatic ring is 1. The highest BCUT2D eigenvalue weighted by Crippen LogP contribution is 2.37. The van der Waals surface area contributed by atoms with Crippen LogP contribution < -0.4 is 5.73 Å². The van der Waals surface area contributed by atoms with Crippen LogP contribution in [-0.2, 0) is 0 Å². The number of nitrogens with two attached hydrogens (primary N) is 1. The molecule has 0 aliphatic heterocycles. The first kappa shape index (κ1) is 13.7. The zero-order valence-corrected chi connectivity index (χ0v) is 12.6. The minimum absolute atomic E-state index is 0.312. The molecule has 2 N–H and O–H groups in total. The highest BCUT2D eigenvalue weighted by molar-refractivity contribution is 6.30. The largest absolute Gasteiger partial charge is 0.367 e. The molecule has 21 heavy (non-hydrogen) atoms. The predicted octanol–water partition coefficient (Wildman–Crippen LogP) is 4.86. The van der Waals surface area contributed by atoms with E-state index in [9.17, 15) is 0 Å². The Morgan fingerprint density at radius 1 is 1.05 bits per heavy atom. The van der Waals surface area contributed by atoms with E-state index in [1.165, 1.54) is 5.56 Å². The Morgan fingerprint density at radius 2 is 1.76 bits per heavy atom. The van der Waals surface area contributed by atoms with E-state index in [1.807, 2.05) is 30.3 Å². The van der Waals surface area contributed by atoms with Gasteiger partial charge in [-0.1, -0.05) is 52.7 Å². The Hall–Kier alpha value is -2.26. The number of hydrogen-bond acceptors (Lipinski definition) is 3. The number of benzene rings is 2. The lowest BCUT2D eigenvalue weighted by Gasteiger charge is -2.07. The average Bonchev–Trinajstić information content (AvgIpc) is 2.82. The van der Waals surface area contributed by atoms with Crippen LogP contribution in [0.25, 0.3) is 22.4 Å². The summed E-state index contributed by atoms with van der Waals surface area (Å²) < 4.78 is 5.21. The van der Waals surface area contributed by atoms with E-state index in [4.69, 9.17) is 21.9 Å². The maximum absolute atomic E-state index is 5.97. The quantitative estimate of drug-likeness (QED) is 0.735. The average molecular weight is 299 g/mol. The van der Waals surface area contributed by atoms with Gasteiger partial charge in [-0.25, -0.2) is 0 Å². The van der Waals surface area contributed by atoms with Crippen LogP contribution in [0.1, 0.15) is 11.1 Å². The maximum atomic E-state index is 5.97. The van der Waals surface area contributed by atoms with Crippen molar-refractivity contribution in [2.75, 3.05) is 5.73 Å². The number of hydrogen-bond donors (Lipinski definition) is 1. The van der Waals surface area contributed by atoms with Gasteiger partial charge < -0.3 is 10.3 Å². The minimum Gasteiger partial charge on any atom is -0.367 e. The van der Waals surface area contributed by atoms with E-state index in [0.717, 1.165) is 27.9 Å². The first-order chi connectivity index (χ1) is 10.1. The lowest BCUT2D eigenvalue weighted by molar-refractivity contribution is 0.439. The van der Waals surface area contributed by atoms with Crippen molar-refractivity contribution in [3.8, 4) is 22.4 Å². The lowest BCUT2D eigenvalue weighted by atomic mass is 9.97. The summed E-state index contributed by atoms with van der Waals surface area (Å²) in [5, 5.41) is 4.82. The highest BCUT2D eigenvalue weighted by Gasteiger charge is 2.18. The van der Waals surface area contributed by atoms with Crippen LogP contribution in [-0.4, -0.2) is 5.16 Å². The van der Waals surface area contributed by atoms with Gasteiger partial charge in [0.15, 0.2) is 0 Å². The summed E-state index contributed by atoms with van der Waals surface area (Å²) in [6, 6.07) is 13.7. The van der Waals surface area contributed by atoms with E-state index < -0.39 is 0 Å². The SMILES string of the molecule is Cc1ccc(-c2noc(N)c2-c2ccc(Cl)cc2)c(C)c1. The number of aromatic nitrogens is 1. The molecule has 106 valence electrons. The van der Waals surface area contributed by atoms with Crippen LogP contribution in [0.4, 0.5) is 5.88 Å². The minimum atomic E-state index is 0.312. The van der Waals surface area contributed by atoms with E-state index >= 15 is 0 Å². The summed E-state index contributed by atoms with van der Waals surface area (Å²) in [6.07, 6.45) is 0. The Bertz CT molecular complexity index is 791. The van der Waals surface area contributed by atoms with Crippen LogP contribution in [0.3, 0.4) is 0 Å². The smallest absolute Gasteiger partial charge is 0.230 e. The molecule has 0 atom stereocenters. The Morgan fingerprint density at radius 3 is 2.43 bits per heavy atom. The Labute approximate surface area is 128 Å². The van der Waals surface area contributed by atoms with Crippen LogP contribution in [0.5, 0.6) is 0 Å². The zero-order chi connectivity index (χ0) is 15.0. The number of halogens is 1. The van der Waals surface area contributed by atoms with Crippen molar-refractivity contribution in [1.29, 1.82) is 0 Å². The van der Waals surface area contributed by atoms with Gasteiger partial charge in [0, 0.05) is 10.6 Å². The van der Waals surface area contributed by atoms with Gasteiger partial charge in [0.1, 0.15) is 5.69 Å². The molecule has 0 saturated heterocycles. The van der Waals surface area contributed by atoms with Crippen molar-refractivity contribution < 1.29 is 4.52 Å². The Kier molecular flexibility index (Phi) is 3.43. The third kappa shape index (κ3) is 2.52. The summed E-state index contributed by atoms with van der Waals surface area (Å²) in [7, 11) is 0. The number of rotatable bonds is 2. The van der Waals surface area contributed by atoms with Crippen LogP contribution in [0.2, 0.25) is 5.02 Å². The van der Waals surface area contributed by atoms with Crippen molar-refractivity contribution in [3.05, 3.63) is 58.6 Å². The molecule has 0 unspecified atom stereocenters. The van der Waals surface area contributed by atoms with E-state index in [1.54, 1.807) is 0 Å². The van der Waals surface area contributed by atoms with Crippen molar-refractivity contribution in [2.45, 2.75) is 13.8 Å². The van der Waals surface area contributed by atoms with Crippen molar-refractivity contribution in [1.82, 2.24) is 5.16 Å². The third-order valence-corrected chi connectivity index (χ3v) is 3.74. The number of aryl methyl sites for hydroxylation is 2. The number of anilines is 1. The molecule has 3 nitrogen and oxygen atoms in total. The van der Waals surface area contributed by atoms with Gasteiger partial charge >= 0.3 is 0 Å². The summed E-state index contributed by atoms with van der Waals surface area (Å²) in [6.45, 7) is 4.12. The van der Waals surface area contributed by atoms with Crippen molar-refractivity contribution in [3.63, 3.8) is 0 Å². The highest BCUT2D eigenvalue weighted by atomic mass is 35.5. The summed E-state index contributed by atoms with van der Waals surface area (Å²) in [4.78, 5) is 0. The fourth-order valence-corrected chi connectivity index (χ4v) is 2.59. The summed E-state index contributed by atoms with van der Waals surface area (Å²) in [5.41, 5.74) is 11.8. The molecule has 0 fully saturated rings. The van der Waals surface area contributed by atoms with Gasteiger partial charge in [0.2, 0.25) is 5.88 Å². The molecule has 0 aliphatic carbocycles. The normalized spacial score (nSPS) is 10.8. The zero-order valence-electron chi connectivity index (χ0n) is 11.9. The van der Waals surface area contributed by atoms with Crippen LogP contribution in [0.15, 0.2) is 47.0 Å². The molecular formula is C17H15ClN2O. The molecule has 2 aromatic carbocycles. The predicted molar refractivity (Wildman–Crippen MR) is 86.3 cm³/mol. The lowest BCUT2D eigenvalue weighted by Crippen LogP contribution is -1.90. The first-order valence-electron chi connectivity index (χ1n) is 6.65. The standard InChI is InChI=1S/C17H15ClN2O/c1-10-3-8-14(11(2)9-10)16-15(17(19)21-20-16)12-4-6-13(18)7-5-12/h3-9H,19H2,1-2H3. The van der Waals surface area contributed by atoms with Gasteiger partial charge in [-0.05, 0) is 37.1 Å². The molecule has 0 radical (unpaired) electrons. The molecule has 1 heterocycles. The molecule has 0 spiro atoms. The molecule has 3 aromatic rings. The molecule has 3 rings (SSSR count). The molecule has 0 amide bonds. The Balaban J connectivity index is 2.19. The van der Waals surface area contributed by atoms with Gasteiger partial charge in [-0.3, -0.25) is 0 Å². The maximum Gasteiger partial charge on any atom is 0.230 e. The van der Waals surface area contributed by atoms with Crippen LogP contribution >= 0.6 is 11.6 Å². The molecule has 0 saturated carbocycles. The second-order valence-corrected chi connectivity index (χ2v) is 5.53. The van der Waals surface area contributed by atoms with Gasteiger partial charge in [-0.2, -0.15) is 0 Å². The monoisotopic (exact) mass is 298 g/mol. The molecule has 1 aromatic heterocycles. The second-order valence-electron chi connectivity index (χ2n) is 5.10. The van der Waals surface area contributed by atoms with Crippen molar-refractivity contribution in [2.24, 2.45) is 0 Å². The van der Waals surface area contributed by atoms with Crippen LogP contribution in [0, 0.1) is 13.8 Å². The molecule has 4 heteroatoms. The van der Waals surface area contributed by atoms with E-state index in [0.29, 0.717) is 10.9 Å². The van der Waals surface area contributed by atoms with Gasteiger partial charge in [0.05, 0.1) is 5.56 Å². The van der Waals surface area contributed by atoms with Gasteiger partial charge in [-0.15, -0.1) is 0 Å². The summed E-state index contributed by atoms with van der Waals surface area (Å²) in [5.74, 6) is 0.312. The third-order valence-electron chi connectivity index (χ3n) is 3.49. The fourth-order valence-electron chi connectivity index (χ4n) is 2.46. The fraction of sp³-hybridized carbons (Fsp3) is 0.118. The molecule has 0 aliphatic rings. The second kappa shape index (κ2) is 5.26. The van der Waals surface area contributed by atoms with E-state index in [-0.39, 0.29) is 0 Å². The first-order valence-corrected chi connectivity index (χ1v) is 7.03. The molecule has 0 bridgehead atoms. The van der Waals surface area contributed by atoms with Crippen molar-refractivity contribution >= 4 is 17.5 Å². The molecular weight excluding hydrogens is 284 g/mol.